The van der Waals surface area contributed by atoms with Gasteiger partial charge in [-0.2, -0.15) is 0 Å². The maximum Gasteiger partial charge on any atom is 0.412 e. The van der Waals surface area contributed by atoms with Gasteiger partial charge >= 0.3 is 6.09 Å². The average Bonchev–Trinajstić information content (AvgIpc) is 3.28. The lowest BCUT2D eigenvalue weighted by molar-refractivity contribution is -0.116. The third-order valence-corrected chi connectivity index (χ3v) is 5.89. The van der Waals surface area contributed by atoms with E-state index in [-0.39, 0.29) is 11.8 Å². The van der Waals surface area contributed by atoms with Gasteiger partial charge in [0.25, 0.3) is 5.91 Å². The molecule has 0 spiro atoms. The van der Waals surface area contributed by atoms with Crippen LogP contribution in [0.4, 0.5) is 21.9 Å². The van der Waals surface area contributed by atoms with Crippen LogP contribution < -0.4 is 16.0 Å². The van der Waals surface area contributed by atoms with Crippen LogP contribution in [-0.4, -0.2) is 23.5 Å². The first-order valence-corrected chi connectivity index (χ1v) is 11.5. The van der Waals surface area contributed by atoms with Gasteiger partial charge in [0, 0.05) is 22.5 Å². The number of anilines is 3. The molecule has 3 amide bonds. The first kappa shape index (κ1) is 22.5. The molecule has 0 aliphatic carbocycles. The standard InChI is InChI=1S/C25H25N3O4S/c1-25(2,3)32-24(31)28-19-10-6-16(21-5-4-12-33-21)14-20(19)27-23(30)17-7-9-18-15(13-17)8-11-22(29)26-18/h4-7,9-10,12-14H,8,11H2,1-3H3,(H,26,29)(H,27,30)(H,28,31). The molecular formula is C25H25N3O4S. The SMILES string of the molecule is CC(C)(C)OC(=O)Nc1ccc(-c2cccs2)cc1NC(=O)c1ccc2c(c1)CCC(=O)N2. The zero-order valence-corrected chi connectivity index (χ0v) is 19.5. The molecule has 3 N–H and O–H groups in total. The highest BCUT2D eigenvalue weighted by Crippen LogP contribution is 2.32. The van der Waals surface area contributed by atoms with E-state index >= 15 is 0 Å². The Morgan fingerprint density at radius 3 is 2.55 bits per heavy atom. The highest BCUT2D eigenvalue weighted by Gasteiger charge is 2.20. The number of hydrogen-bond acceptors (Lipinski definition) is 5. The van der Waals surface area contributed by atoms with E-state index < -0.39 is 11.7 Å². The predicted octanol–water partition coefficient (Wildman–Crippen LogP) is 5.90. The van der Waals surface area contributed by atoms with Gasteiger partial charge in [-0.05, 0) is 80.1 Å². The number of fused-ring (bicyclic) bond motifs is 1. The monoisotopic (exact) mass is 463 g/mol. The molecule has 0 saturated carbocycles. The third-order valence-electron chi connectivity index (χ3n) is 4.97. The average molecular weight is 464 g/mol. The molecule has 0 bridgehead atoms. The Bertz CT molecular complexity index is 1210. The molecule has 2 heterocycles. The van der Waals surface area contributed by atoms with E-state index in [1.807, 2.05) is 29.6 Å². The van der Waals surface area contributed by atoms with Crippen molar-refractivity contribution in [3.8, 4) is 10.4 Å². The second-order valence-electron chi connectivity index (χ2n) is 8.74. The molecule has 0 atom stereocenters. The minimum atomic E-state index is -0.650. The van der Waals surface area contributed by atoms with Crippen LogP contribution in [0, 0.1) is 0 Å². The molecule has 8 heteroatoms. The Hall–Kier alpha value is -3.65. The summed E-state index contributed by atoms with van der Waals surface area (Å²) in [5, 5.41) is 10.4. The molecule has 0 fully saturated rings. The van der Waals surface area contributed by atoms with Crippen molar-refractivity contribution in [1.29, 1.82) is 0 Å². The Balaban J connectivity index is 1.61. The van der Waals surface area contributed by atoms with Crippen molar-refractivity contribution >= 4 is 46.3 Å². The van der Waals surface area contributed by atoms with Crippen molar-refractivity contribution in [1.82, 2.24) is 0 Å². The normalized spacial score (nSPS) is 13.0. The molecular weight excluding hydrogens is 438 g/mol. The van der Waals surface area contributed by atoms with Gasteiger partial charge in [0.1, 0.15) is 5.60 Å². The third kappa shape index (κ3) is 5.59. The van der Waals surface area contributed by atoms with E-state index in [1.54, 1.807) is 56.4 Å². The summed E-state index contributed by atoms with van der Waals surface area (Å²) >= 11 is 1.58. The summed E-state index contributed by atoms with van der Waals surface area (Å²) in [6.45, 7) is 5.36. The van der Waals surface area contributed by atoms with Crippen molar-refractivity contribution in [3.63, 3.8) is 0 Å². The number of carbonyl (C=O) groups is 3. The van der Waals surface area contributed by atoms with Gasteiger partial charge in [0.15, 0.2) is 0 Å². The zero-order valence-electron chi connectivity index (χ0n) is 18.7. The van der Waals surface area contributed by atoms with E-state index in [0.29, 0.717) is 29.8 Å². The lowest BCUT2D eigenvalue weighted by Crippen LogP contribution is -2.27. The molecule has 4 rings (SSSR count). The summed E-state index contributed by atoms with van der Waals surface area (Å²) in [6, 6.07) is 14.6. The van der Waals surface area contributed by atoms with Gasteiger partial charge in [-0.1, -0.05) is 12.1 Å². The van der Waals surface area contributed by atoms with Gasteiger partial charge in [-0.3, -0.25) is 14.9 Å². The minimum Gasteiger partial charge on any atom is -0.444 e. The molecule has 2 aromatic carbocycles. The van der Waals surface area contributed by atoms with Crippen LogP contribution >= 0.6 is 11.3 Å². The Morgan fingerprint density at radius 2 is 1.82 bits per heavy atom. The molecule has 3 aromatic rings. The van der Waals surface area contributed by atoms with Gasteiger partial charge in [-0.25, -0.2) is 4.79 Å². The number of nitrogens with one attached hydrogen (secondary N) is 3. The summed E-state index contributed by atoms with van der Waals surface area (Å²) in [5.41, 5.74) is 3.28. The van der Waals surface area contributed by atoms with Gasteiger partial charge in [0.2, 0.25) is 5.91 Å². The number of thiophene rings is 1. The number of hydrogen-bond donors (Lipinski definition) is 3. The lowest BCUT2D eigenvalue weighted by atomic mass is 10.00. The number of aryl methyl sites for hydroxylation is 1. The molecule has 0 radical (unpaired) electrons. The molecule has 170 valence electrons. The zero-order chi connectivity index (χ0) is 23.6. The van der Waals surface area contributed by atoms with Gasteiger partial charge in [0.05, 0.1) is 11.4 Å². The fourth-order valence-corrected chi connectivity index (χ4v) is 4.21. The first-order valence-electron chi connectivity index (χ1n) is 10.6. The number of carbonyl (C=O) groups excluding carboxylic acids is 3. The molecule has 0 unspecified atom stereocenters. The maximum absolute atomic E-state index is 13.1. The second kappa shape index (κ2) is 9.07. The minimum absolute atomic E-state index is 0.0250. The predicted molar refractivity (Wildman–Crippen MR) is 131 cm³/mol. The van der Waals surface area contributed by atoms with Crippen molar-refractivity contribution in [2.24, 2.45) is 0 Å². The first-order chi connectivity index (χ1) is 15.7. The van der Waals surface area contributed by atoms with E-state index in [0.717, 1.165) is 21.7 Å². The van der Waals surface area contributed by atoms with E-state index in [4.69, 9.17) is 4.74 Å². The molecule has 0 saturated heterocycles. The summed E-state index contributed by atoms with van der Waals surface area (Å²) < 4.78 is 5.36. The number of rotatable bonds is 4. The smallest absolute Gasteiger partial charge is 0.412 e. The van der Waals surface area contributed by atoms with Crippen molar-refractivity contribution in [2.45, 2.75) is 39.2 Å². The van der Waals surface area contributed by atoms with Crippen molar-refractivity contribution < 1.29 is 19.1 Å². The summed E-state index contributed by atoms with van der Waals surface area (Å²) in [4.78, 5) is 38.1. The lowest BCUT2D eigenvalue weighted by Gasteiger charge is -2.21. The molecule has 1 aliphatic rings. The Kier molecular flexibility index (Phi) is 6.20. The van der Waals surface area contributed by atoms with E-state index in [1.165, 1.54) is 0 Å². The molecule has 7 nitrogen and oxygen atoms in total. The largest absolute Gasteiger partial charge is 0.444 e. The number of amides is 3. The van der Waals surface area contributed by atoms with Crippen LogP contribution in [0.25, 0.3) is 10.4 Å². The van der Waals surface area contributed by atoms with Crippen LogP contribution in [-0.2, 0) is 16.0 Å². The highest BCUT2D eigenvalue weighted by atomic mass is 32.1. The summed E-state index contributed by atoms with van der Waals surface area (Å²) in [6.07, 6.45) is 0.373. The maximum atomic E-state index is 13.1. The van der Waals surface area contributed by atoms with Crippen LogP contribution in [0.15, 0.2) is 53.9 Å². The Labute approximate surface area is 196 Å². The van der Waals surface area contributed by atoms with Crippen LogP contribution in [0.5, 0.6) is 0 Å². The summed E-state index contributed by atoms with van der Waals surface area (Å²) in [5.74, 6) is -0.340. The van der Waals surface area contributed by atoms with Crippen molar-refractivity contribution in [3.05, 3.63) is 65.0 Å². The Morgan fingerprint density at radius 1 is 1.00 bits per heavy atom. The molecule has 33 heavy (non-hydrogen) atoms. The second-order valence-corrected chi connectivity index (χ2v) is 9.69. The van der Waals surface area contributed by atoms with E-state index in [9.17, 15) is 14.4 Å². The van der Waals surface area contributed by atoms with Crippen LogP contribution in [0.2, 0.25) is 0 Å². The number of ether oxygens (including phenoxy) is 1. The van der Waals surface area contributed by atoms with Crippen LogP contribution in [0.3, 0.4) is 0 Å². The van der Waals surface area contributed by atoms with Gasteiger partial charge in [-0.15, -0.1) is 11.3 Å². The van der Waals surface area contributed by atoms with E-state index in [2.05, 4.69) is 16.0 Å². The molecule has 1 aromatic heterocycles. The van der Waals surface area contributed by atoms with Gasteiger partial charge < -0.3 is 15.4 Å². The van der Waals surface area contributed by atoms with Crippen LogP contribution in [0.1, 0.15) is 43.1 Å². The fourth-order valence-electron chi connectivity index (χ4n) is 3.49. The number of benzene rings is 2. The molecule has 1 aliphatic heterocycles. The highest BCUT2D eigenvalue weighted by molar-refractivity contribution is 7.13. The summed E-state index contributed by atoms with van der Waals surface area (Å²) in [7, 11) is 0. The quantitative estimate of drug-likeness (QED) is 0.449. The fraction of sp³-hybridized carbons (Fsp3) is 0.240. The topological polar surface area (TPSA) is 96.5 Å². The van der Waals surface area contributed by atoms with Crippen molar-refractivity contribution in [2.75, 3.05) is 16.0 Å².